The molecule has 0 atom stereocenters. The van der Waals surface area contributed by atoms with Gasteiger partial charge in [0.2, 0.25) is 5.43 Å². The fourth-order valence-electron chi connectivity index (χ4n) is 2.88. The van der Waals surface area contributed by atoms with Crippen LogP contribution in [0.4, 0.5) is 11.4 Å². The summed E-state index contributed by atoms with van der Waals surface area (Å²) in [5.74, 6) is 2.03. The Balaban J connectivity index is 2.03. The zero-order chi connectivity index (χ0) is 9.50. The van der Waals surface area contributed by atoms with Crippen LogP contribution < -0.4 is 15.2 Å². The summed E-state index contributed by atoms with van der Waals surface area (Å²) < 4.78 is 0. The zero-order valence-electron chi connectivity index (χ0n) is 7.54. The molecule has 1 aromatic carbocycles. The fraction of sp³-hybridized carbons (Fsp3) is 0.500. The molecule has 70 valence electrons. The molecule has 1 saturated carbocycles. The molecule has 14 heavy (non-hydrogen) atoms. The van der Waals surface area contributed by atoms with Crippen LogP contribution in [0.2, 0.25) is 0 Å². The summed E-state index contributed by atoms with van der Waals surface area (Å²) in [5.41, 5.74) is 2.35. The Morgan fingerprint density at radius 3 is 2.64 bits per heavy atom. The fourth-order valence-corrected chi connectivity index (χ4v) is 2.88. The Labute approximate surface area is 80.1 Å². The average molecular weight is 188 g/mol. The van der Waals surface area contributed by atoms with Gasteiger partial charge in [-0.3, -0.25) is 4.79 Å². The summed E-state index contributed by atoms with van der Waals surface area (Å²) in [5, 5.41) is 0. The van der Waals surface area contributed by atoms with Crippen LogP contribution in [0.3, 0.4) is 0 Å². The van der Waals surface area contributed by atoms with Crippen LogP contribution in [0, 0.1) is 0 Å². The molecule has 0 radical (unpaired) electrons. The molecule has 0 N–H and O–H groups in total. The van der Waals surface area contributed by atoms with Crippen molar-refractivity contribution in [2.45, 2.75) is 18.4 Å². The second kappa shape index (κ2) is 1.66. The van der Waals surface area contributed by atoms with Crippen LogP contribution in [-0.2, 0) is 4.79 Å². The molecular weight excluding hydrogens is 180 g/mol. The molecule has 1 saturated heterocycles. The number of piperazine rings is 1. The molecule has 1 spiro atoms. The van der Waals surface area contributed by atoms with Crippen LogP contribution >= 0.6 is 0 Å². The zero-order valence-corrected chi connectivity index (χ0v) is 7.54. The normalized spacial score (nSPS) is 25.9. The van der Waals surface area contributed by atoms with Gasteiger partial charge in [-0.1, -0.05) is 0 Å². The van der Waals surface area contributed by atoms with E-state index in [9.17, 15) is 9.59 Å². The first-order valence-electron chi connectivity index (χ1n) is 4.89. The Morgan fingerprint density at radius 2 is 2.00 bits per heavy atom. The molecule has 3 aliphatic heterocycles. The van der Waals surface area contributed by atoms with Gasteiger partial charge in [-0.15, -0.1) is 0 Å². The quantitative estimate of drug-likeness (QED) is 0.529. The van der Waals surface area contributed by atoms with Gasteiger partial charge in [0.15, 0.2) is 0 Å². The molecule has 4 aliphatic rings. The maximum atomic E-state index is 11.5. The molecule has 2 bridgehead atoms. The molecule has 2 fully saturated rings. The van der Waals surface area contributed by atoms with Gasteiger partial charge >= 0.3 is 0 Å². The second-order valence-corrected chi connectivity index (χ2v) is 4.31. The third-order valence-electron chi connectivity index (χ3n) is 3.73. The van der Waals surface area contributed by atoms with Crippen molar-refractivity contribution < 1.29 is 4.79 Å². The monoisotopic (exact) mass is 188 g/mol. The van der Waals surface area contributed by atoms with Gasteiger partial charge in [-0.2, -0.15) is 0 Å². The highest BCUT2D eigenvalue weighted by Crippen LogP contribution is 2.59. The third kappa shape index (κ3) is 0.474. The van der Waals surface area contributed by atoms with Crippen molar-refractivity contribution in [3.63, 3.8) is 0 Å². The maximum absolute atomic E-state index is 11.5. The highest BCUT2D eigenvalue weighted by molar-refractivity contribution is 5.96. The SMILES string of the molecule is O=C=C1N2CCN(c3c2c3=O)C12CC2. The summed E-state index contributed by atoms with van der Waals surface area (Å²) in [4.78, 5) is 26.4. The van der Waals surface area contributed by atoms with Gasteiger partial charge in [0.25, 0.3) is 0 Å². The van der Waals surface area contributed by atoms with Crippen molar-refractivity contribution in [1.82, 2.24) is 0 Å². The summed E-state index contributed by atoms with van der Waals surface area (Å²) in [6.07, 6.45) is 2.00. The molecule has 0 aromatic heterocycles. The van der Waals surface area contributed by atoms with Crippen molar-refractivity contribution in [3.05, 3.63) is 15.9 Å². The maximum Gasteiger partial charge on any atom is 0.230 e. The van der Waals surface area contributed by atoms with Gasteiger partial charge in [0, 0.05) is 13.1 Å². The molecule has 1 aliphatic carbocycles. The van der Waals surface area contributed by atoms with Crippen molar-refractivity contribution in [2.75, 3.05) is 22.9 Å². The van der Waals surface area contributed by atoms with Gasteiger partial charge in [-0.25, -0.2) is 4.79 Å². The lowest BCUT2D eigenvalue weighted by Gasteiger charge is -2.45. The molecule has 0 unspecified atom stereocenters. The minimum absolute atomic E-state index is 0.120. The summed E-state index contributed by atoms with van der Waals surface area (Å²) in [6.45, 7) is 1.66. The number of anilines is 2. The highest BCUT2D eigenvalue weighted by Gasteiger charge is 2.63. The Hall–Kier alpha value is -1.54. The lowest BCUT2D eigenvalue weighted by molar-refractivity contribution is 0.539. The van der Waals surface area contributed by atoms with E-state index in [1.54, 1.807) is 0 Å². The van der Waals surface area contributed by atoms with Gasteiger partial charge < -0.3 is 9.80 Å². The first kappa shape index (κ1) is 6.85. The molecular formula is C10H8N2O2. The Bertz CT molecular complexity index is 513. The van der Waals surface area contributed by atoms with E-state index < -0.39 is 0 Å². The summed E-state index contributed by atoms with van der Waals surface area (Å²) in [6, 6.07) is 0. The number of fused-ring (bicyclic) bond motifs is 1. The van der Waals surface area contributed by atoms with E-state index >= 15 is 0 Å². The molecule has 5 rings (SSSR count). The largest absolute Gasteiger partial charge is 0.353 e. The standard InChI is InChI=1S/C10H8N2O2/c13-5-6-10(1-2-10)12-4-3-11(6)7-8(12)9(7)14/h1-4H2. The second-order valence-electron chi connectivity index (χ2n) is 4.31. The van der Waals surface area contributed by atoms with Crippen molar-refractivity contribution in [3.8, 4) is 0 Å². The van der Waals surface area contributed by atoms with Crippen LogP contribution in [0.15, 0.2) is 10.5 Å². The first-order chi connectivity index (χ1) is 6.79. The van der Waals surface area contributed by atoms with E-state index in [2.05, 4.69) is 4.90 Å². The molecule has 3 heterocycles. The third-order valence-corrected chi connectivity index (χ3v) is 3.73. The Kier molecular flexibility index (Phi) is 0.813. The van der Waals surface area contributed by atoms with Crippen LogP contribution in [-0.4, -0.2) is 24.6 Å². The van der Waals surface area contributed by atoms with Gasteiger partial charge in [-0.05, 0) is 12.8 Å². The minimum atomic E-state index is -0.120. The van der Waals surface area contributed by atoms with Gasteiger partial charge in [0.05, 0.1) is 5.54 Å². The van der Waals surface area contributed by atoms with E-state index in [1.807, 2.05) is 10.8 Å². The average Bonchev–Trinajstić information content (AvgIpc) is 3.09. The van der Waals surface area contributed by atoms with E-state index in [0.717, 1.165) is 37.3 Å². The van der Waals surface area contributed by atoms with E-state index in [4.69, 9.17) is 0 Å². The minimum Gasteiger partial charge on any atom is -0.353 e. The first-order valence-corrected chi connectivity index (χ1v) is 4.89. The van der Waals surface area contributed by atoms with E-state index in [-0.39, 0.29) is 11.0 Å². The highest BCUT2D eigenvalue weighted by atomic mass is 16.1. The predicted molar refractivity (Wildman–Crippen MR) is 50.9 cm³/mol. The molecule has 1 aromatic rings. The van der Waals surface area contributed by atoms with Crippen LogP contribution in [0.5, 0.6) is 0 Å². The number of rotatable bonds is 0. The Morgan fingerprint density at radius 1 is 1.21 bits per heavy atom. The topological polar surface area (TPSA) is 40.6 Å². The lowest BCUT2D eigenvalue weighted by atomic mass is 10.0. The lowest BCUT2D eigenvalue weighted by Crippen LogP contribution is -2.55. The summed E-state index contributed by atoms with van der Waals surface area (Å²) in [7, 11) is 0. The van der Waals surface area contributed by atoms with Crippen molar-refractivity contribution in [2.24, 2.45) is 0 Å². The van der Waals surface area contributed by atoms with E-state index in [1.165, 1.54) is 0 Å². The van der Waals surface area contributed by atoms with E-state index in [0.29, 0.717) is 5.70 Å². The van der Waals surface area contributed by atoms with Crippen LogP contribution in [0.25, 0.3) is 0 Å². The van der Waals surface area contributed by atoms with Gasteiger partial charge in [0.1, 0.15) is 23.0 Å². The van der Waals surface area contributed by atoms with Crippen molar-refractivity contribution in [1.29, 1.82) is 0 Å². The number of nitrogens with zero attached hydrogens (tertiary/aromatic N) is 2. The molecule has 0 amide bonds. The molecule has 4 heteroatoms. The number of hydrogen-bond donors (Lipinski definition) is 0. The predicted octanol–water partition coefficient (Wildman–Crippen LogP) is -0.190. The van der Waals surface area contributed by atoms with Crippen molar-refractivity contribution >= 4 is 17.3 Å². The van der Waals surface area contributed by atoms with Crippen LogP contribution in [0.1, 0.15) is 12.8 Å². The molecule has 4 nitrogen and oxygen atoms in total. The number of carbonyl (C=O) groups excluding carboxylic acids is 1. The summed E-state index contributed by atoms with van der Waals surface area (Å²) >= 11 is 0. The number of hydrogen-bond acceptors (Lipinski definition) is 4. The smallest absolute Gasteiger partial charge is 0.230 e.